The molecule has 1 aromatic carbocycles. The van der Waals surface area contributed by atoms with Crippen LogP contribution >= 0.6 is 0 Å². The zero-order chi connectivity index (χ0) is 19.2. The molecule has 1 unspecified atom stereocenters. The number of aromatic nitrogens is 2. The summed E-state index contributed by atoms with van der Waals surface area (Å²) >= 11 is 0. The molecule has 1 atom stereocenters. The number of rotatable bonds is 6. The number of carbonyl (C=O) groups excluding carboxylic acids is 1. The number of carbonyl (C=O) groups is 1. The number of hydrogen-bond acceptors (Lipinski definition) is 6. The second-order valence-corrected chi connectivity index (χ2v) is 6.83. The lowest BCUT2D eigenvalue weighted by Crippen LogP contribution is -2.39. The van der Waals surface area contributed by atoms with Crippen molar-refractivity contribution in [1.29, 1.82) is 0 Å². The van der Waals surface area contributed by atoms with Crippen molar-refractivity contribution in [3.63, 3.8) is 0 Å². The predicted molar refractivity (Wildman–Crippen MR) is 108 cm³/mol. The van der Waals surface area contributed by atoms with Gasteiger partial charge in [0.05, 0.1) is 17.9 Å². The van der Waals surface area contributed by atoms with Crippen molar-refractivity contribution in [2.45, 2.75) is 52.5 Å². The average Bonchev–Trinajstić information content (AvgIpc) is 2.68. The van der Waals surface area contributed by atoms with E-state index in [1.54, 1.807) is 13.0 Å². The predicted octanol–water partition coefficient (Wildman–Crippen LogP) is 4.47. The Morgan fingerprint density at radius 3 is 2.85 bits per heavy atom. The average molecular weight is 368 g/mol. The molecular weight excluding hydrogens is 340 g/mol. The Hall–Kier alpha value is -2.63. The Labute approximate surface area is 161 Å². The number of piperidine rings is 1. The van der Waals surface area contributed by atoms with Gasteiger partial charge in [-0.3, -0.25) is 0 Å². The molecule has 6 nitrogen and oxygen atoms in total. The number of esters is 1. The third-order valence-corrected chi connectivity index (χ3v) is 4.90. The number of benzene rings is 1. The van der Waals surface area contributed by atoms with Gasteiger partial charge < -0.3 is 15.0 Å². The first-order valence-electron chi connectivity index (χ1n) is 9.77. The van der Waals surface area contributed by atoms with E-state index >= 15 is 0 Å². The van der Waals surface area contributed by atoms with Crippen LogP contribution in [0.5, 0.6) is 0 Å². The molecule has 1 saturated heterocycles. The Balaban J connectivity index is 1.88. The molecule has 3 rings (SSSR count). The van der Waals surface area contributed by atoms with E-state index in [4.69, 9.17) is 9.72 Å². The molecule has 0 spiro atoms. The van der Waals surface area contributed by atoms with Crippen LogP contribution in [0.25, 0.3) is 0 Å². The fraction of sp³-hybridized carbons (Fsp3) is 0.476. The van der Waals surface area contributed by atoms with Crippen molar-refractivity contribution in [3.05, 3.63) is 41.6 Å². The number of hydrogen-bond donors (Lipinski definition) is 1. The maximum absolute atomic E-state index is 12.2. The highest BCUT2D eigenvalue weighted by atomic mass is 16.5. The van der Waals surface area contributed by atoms with Crippen LogP contribution < -0.4 is 10.2 Å². The van der Waals surface area contributed by atoms with Crippen LogP contribution in [0.1, 0.15) is 55.6 Å². The van der Waals surface area contributed by atoms with E-state index in [1.165, 1.54) is 19.3 Å². The molecule has 1 aliphatic heterocycles. The quantitative estimate of drug-likeness (QED) is 0.759. The van der Waals surface area contributed by atoms with Crippen molar-refractivity contribution in [2.75, 3.05) is 23.4 Å². The maximum atomic E-state index is 12.2. The second-order valence-electron chi connectivity index (χ2n) is 6.83. The van der Waals surface area contributed by atoms with Gasteiger partial charge in [-0.05, 0) is 51.7 Å². The Morgan fingerprint density at radius 2 is 2.07 bits per heavy atom. The first-order valence-corrected chi connectivity index (χ1v) is 9.77. The van der Waals surface area contributed by atoms with Crippen LogP contribution in [-0.4, -0.2) is 35.1 Å². The van der Waals surface area contributed by atoms with Gasteiger partial charge in [0.25, 0.3) is 0 Å². The molecule has 0 radical (unpaired) electrons. The molecule has 0 bridgehead atoms. The van der Waals surface area contributed by atoms with Gasteiger partial charge in [0.1, 0.15) is 5.82 Å². The molecular formula is C21H28N4O2. The van der Waals surface area contributed by atoms with Gasteiger partial charge in [0, 0.05) is 24.3 Å². The summed E-state index contributed by atoms with van der Waals surface area (Å²) < 4.78 is 5.15. The third-order valence-electron chi connectivity index (χ3n) is 4.90. The number of para-hydroxylation sites is 1. The van der Waals surface area contributed by atoms with Crippen LogP contribution in [0.2, 0.25) is 0 Å². The molecule has 27 heavy (non-hydrogen) atoms. The molecule has 1 N–H and O–H groups in total. The molecule has 2 heterocycles. The number of anilines is 3. The van der Waals surface area contributed by atoms with Crippen LogP contribution in [0, 0.1) is 6.92 Å². The summed E-state index contributed by atoms with van der Waals surface area (Å²) in [6.07, 6.45) is 4.77. The number of ether oxygens (including phenoxy) is 1. The topological polar surface area (TPSA) is 67.3 Å². The lowest BCUT2D eigenvalue weighted by molar-refractivity contribution is 0.0527. The van der Waals surface area contributed by atoms with Gasteiger partial charge in [-0.15, -0.1) is 0 Å². The summed E-state index contributed by atoms with van der Waals surface area (Å²) in [6.45, 7) is 7.36. The van der Waals surface area contributed by atoms with E-state index < -0.39 is 0 Å². The maximum Gasteiger partial charge on any atom is 0.340 e. The van der Waals surface area contributed by atoms with Gasteiger partial charge in [0.2, 0.25) is 5.95 Å². The second kappa shape index (κ2) is 8.84. The van der Waals surface area contributed by atoms with Crippen LogP contribution in [0.15, 0.2) is 30.3 Å². The molecule has 0 saturated carbocycles. The highest BCUT2D eigenvalue weighted by Crippen LogP contribution is 2.27. The normalized spacial score (nSPS) is 16.9. The first kappa shape index (κ1) is 19.1. The zero-order valence-corrected chi connectivity index (χ0v) is 16.4. The summed E-state index contributed by atoms with van der Waals surface area (Å²) in [5.74, 6) is 1.10. The van der Waals surface area contributed by atoms with Crippen LogP contribution in [-0.2, 0) is 4.74 Å². The molecule has 144 valence electrons. The summed E-state index contributed by atoms with van der Waals surface area (Å²) in [5.41, 5.74) is 2.03. The molecule has 1 aliphatic rings. The SMILES string of the molecule is CCOC(=O)c1ccccc1Nc1nc(C)cc(N2CCCCC2CC)n1. The third kappa shape index (κ3) is 4.56. The molecule has 0 aliphatic carbocycles. The minimum absolute atomic E-state index is 0.339. The number of aryl methyl sites for hydroxylation is 1. The van der Waals surface area contributed by atoms with Crippen molar-refractivity contribution < 1.29 is 9.53 Å². The van der Waals surface area contributed by atoms with E-state index in [0.717, 1.165) is 24.5 Å². The van der Waals surface area contributed by atoms with E-state index in [-0.39, 0.29) is 5.97 Å². The largest absolute Gasteiger partial charge is 0.462 e. The molecule has 0 amide bonds. The highest BCUT2D eigenvalue weighted by molar-refractivity contribution is 5.96. The summed E-state index contributed by atoms with van der Waals surface area (Å²) in [7, 11) is 0. The highest BCUT2D eigenvalue weighted by Gasteiger charge is 2.23. The van der Waals surface area contributed by atoms with E-state index in [9.17, 15) is 4.79 Å². The van der Waals surface area contributed by atoms with Gasteiger partial charge in [-0.2, -0.15) is 4.98 Å². The fourth-order valence-corrected chi connectivity index (χ4v) is 3.58. The molecule has 2 aromatic rings. The minimum Gasteiger partial charge on any atom is -0.462 e. The van der Waals surface area contributed by atoms with Crippen molar-refractivity contribution >= 4 is 23.4 Å². The fourth-order valence-electron chi connectivity index (χ4n) is 3.58. The van der Waals surface area contributed by atoms with E-state index in [2.05, 4.69) is 22.1 Å². The molecule has 1 aromatic heterocycles. The van der Waals surface area contributed by atoms with Gasteiger partial charge >= 0.3 is 5.97 Å². The van der Waals surface area contributed by atoms with Crippen LogP contribution in [0.3, 0.4) is 0 Å². The van der Waals surface area contributed by atoms with Crippen molar-refractivity contribution in [1.82, 2.24) is 9.97 Å². The lowest BCUT2D eigenvalue weighted by Gasteiger charge is -2.36. The smallest absolute Gasteiger partial charge is 0.340 e. The monoisotopic (exact) mass is 368 g/mol. The number of nitrogens with one attached hydrogen (secondary N) is 1. The van der Waals surface area contributed by atoms with Crippen molar-refractivity contribution in [2.24, 2.45) is 0 Å². The van der Waals surface area contributed by atoms with Gasteiger partial charge in [-0.1, -0.05) is 19.1 Å². The van der Waals surface area contributed by atoms with E-state index in [1.807, 2.05) is 31.2 Å². The van der Waals surface area contributed by atoms with Crippen LogP contribution in [0.4, 0.5) is 17.5 Å². The summed E-state index contributed by atoms with van der Waals surface area (Å²) in [5, 5.41) is 3.22. The summed E-state index contributed by atoms with van der Waals surface area (Å²) in [4.78, 5) is 23.9. The summed E-state index contributed by atoms with van der Waals surface area (Å²) in [6, 6.07) is 9.84. The zero-order valence-electron chi connectivity index (χ0n) is 16.4. The van der Waals surface area contributed by atoms with E-state index in [0.29, 0.717) is 29.8 Å². The molecule has 1 fully saturated rings. The minimum atomic E-state index is -0.351. The molecule has 6 heteroatoms. The van der Waals surface area contributed by atoms with Gasteiger partial charge in [-0.25, -0.2) is 9.78 Å². The standard InChI is InChI=1S/C21H28N4O2/c1-4-16-10-8-9-13-25(16)19-14-15(3)22-21(24-19)23-18-12-7-6-11-17(18)20(26)27-5-2/h6-7,11-12,14,16H,4-5,8-10,13H2,1-3H3,(H,22,23,24). The Kier molecular flexibility index (Phi) is 6.27. The lowest BCUT2D eigenvalue weighted by atomic mass is 10.00. The Bertz CT molecular complexity index is 794. The Morgan fingerprint density at radius 1 is 1.26 bits per heavy atom. The van der Waals surface area contributed by atoms with Gasteiger partial charge in [0.15, 0.2) is 0 Å². The first-order chi connectivity index (χ1) is 13.1. The van der Waals surface area contributed by atoms with Crippen molar-refractivity contribution in [3.8, 4) is 0 Å². The number of nitrogens with zero attached hydrogens (tertiary/aromatic N) is 3.